The molecule has 1 aromatic rings. The molecule has 0 bridgehead atoms. The number of hydrogen-bond acceptors (Lipinski definition) is 4. The normalized spacial score (nSPS) is 14.7. The Hall–Kier alpha value is -0.910. The third-order valence-electron chi connectivity index (χ3n) is 2.36. The van der Waals surface area contributed by atoms with Crippen LogP contribution in [0.5, 0.6) is 0 Å². The summed E-state index contributed by atoms with van der Waals surface area (Å²) in [5, 5.41) is 3.20. The van der Waals surface area contributed by atoms with Crippen molar-refractivity contribution >= 4 is 17.2 Å². The molecule has 0 aliphatic heterocycles. The van der Waals surface area contributed by atoms with E-state index in [0.29, 0.717) is 12.6 Å². The van der Waals surface area contributed by atoms with Crippen LogP contribution in [0, 0.1) is 6.92 Å². The zero-order valence-electron chi connectivity index (χ0n) is 9.69. The predicted molar refractivity (Wildman–Crippen MR) is 67.4 cm³/mol. The summed E-state index contributed by atoms with van der Waals surface area (Å²) in [6.45, 7) is 4.60. The van der Waals surface area contributed by atoms with Crippen LogP contribution in [0.15, 0.2) is 12.1 Å². The Bertz CT molecular complexity index is 351. The lowest BCUT2D eigenvalue weighted by molar-refractivity contribution is -0.119. The first kappa shape index (κ1) is 13.2. The fourth-order valence-corrected chi connectivity index (χ4v) is 2.42. The quantitative estimate of drug-likeness (QED) is 0.674. The van der Waals surface area contributed by atoms with Gasteiger partial charge in [-0.1, -0.05) is 0 Å². The summed E-state index contributed by atoms with van der Waals surface area (Å²) in [5.41, 5.74) is 10.6. The van der Waals surface area contributed by atoms with E-state index in [9.17, 15) is 4.79 Å². The van der Waals surface area contributed by atoms with E-state index in [2.05, 4.69) is 31.3 Å². The average Bonchev–Trinajstić information content (AvgIpc) is 2.60. The van der Waals surface area contributed by atoms with Gasteiger partial charge in [-0.2, -0.15) is 0 Å². The molecule has 1 rings (SSSR count). The Morgan fingerprint density at radius 3 is 2.75 bits per heavy atom. The summed E-state index contributed by atoms with van der Waals surface area (Å²) >= 11 is 1.79. The minimum absolute atomic E-state index is 0.295. The molecule has 0 saturated carbocycles. The van der Waals surface area contributed by atoms with Crippen molar-refractivity contribution in [2.45, 2.75) is 32.4 Å². The highest BCUT2D eigenvalue weighted by atomic mass is 32.1. The molecule has 16 heavy (non-hydrogen) atoms. The minimum Gasteiger partial charge on any atom is -0.368 e. The maximum Gasteiger partial charge on any atom is 0.235 e. The maximum absolute atomic E-state index is 10.7. The van der Waals surface area contributed by atoms with Crippen LogP contribution in [-0.4, -0.2) is 24.5 Å². The standard InChI is InChI=1S/C11H19N3OS/c1-7(14-6-10(12)11(13)15)5-9-4-3-8(2)16-9/h3-4,7,10,14H,5-6,12H2,1-2H3,(H2,13,15). The SMILES string of the molecule is Cc1ccc(CC(C)NCC(N)C(N)=O)s1. The highest BCUT2D eigenvalue weighted by Crippen LogP contribution is 2.16. The highest BCUT2D eigenvalue weighted by Gasteiger charge is 2.11. The summed E-state index contributed by atoms with van der Waals surface area (Å²) in [6.07, 6.45) is 0.948. The van der Waals surface area contributed by atoms with Gasteiger partial charge in [0.05, 0.1) is 6.04 Å². The molecule has 1 aromatic heterocycles. The van der Waals surface area contributed by atoms with Gasteiger partial charge in [0.1, 0.15) is 0 Å². The van der Waals surface area contributed by atoms with E-state index in [1.54, 1.807) is 11.3 Å². The number of hydrogen-bond donors (Lipinski definition) is 3. The summed E-state index contributed by atoms with van der Waals surface area (Å²) in [5.74, 6) is -0.466. The Kier molecular flexibility index (Phi) is 4.92. The Morgan fingerprint density at radius 2 is 2.25 bits per heavy atom. The number of nitrogens with one attached hydrogen (secondary N) is 1. The number of carbonyl (C=O) groups is 1. The predicted octanol–water partition coefficient (Wildman–Crippen LogP) is 0.390. The third-order valence-corrected chi connectivity index (χ3v) is 3.38. The van der Waals surface area contributed by atoms with E-state index >= 15 is 0 Å². The zero-order valence-corrected chi connectivity index (χ0v) is 10.5. The van der Waals surface area contributed by atoms with Gasteiger partial charge in [0.15, 0.2) is 0 Å². The molecule has 0 aromatic carbocycles. The number of carbonyl (C=O) groups excluding carboxylic acids is 1. The van der Waals surface area contributed by atoms with Gasteiger partial charge < -0.3 is 16.8 Å². The number of primary amides is 1. The fraction of sp³-hybridized carbons (Fsp3) is 0.545. The van der Waals surface area contributed by atoms with Crippen molar-refractivity contribution in [2.75, 3.05) is 6.54 Å². The van der Waals surface area contributed by atoms with Gasteiger partial charge in [-0.05, 0) is 32.4 Å². The van der Waals surface area contributed by atoms with Gasteiger partial charge in [0.2, 0.25) is 5.91 Å². The molecule has 90 valence electrons. The van der Waals surface area contributed by atoms with Crippen LogP contribution < -0.4 is 16.8 Å². The van der Waals surface area contributed by atoms with E-state index in [-0.39, 0.29) is 0 Å². The third kappa shape index (κ3) is 4.30. The van der Waals surface area contributed by atoms with Gasteiger partial charge in [0, 0.05) is 22.3 Å². The van der Waals surface area contributed by atoms with Crippen LogP contribution in [-0.2, 0) is 11.2 Å². The van der Waals surface area contributed by atoms with Crippen LogP contribution in [0.25, 0.3) is 0 Å². The fourth-order valence-electron chi connectivity index (χ4n) is 1.40. The Morgan fingerprint density at radius 1 is 1.56 bits per heavy atom. The number of amides is 1. The summed E-state index contributed by atoms with van der Waals surface area (Å²) < 4.78 is 0. The van der Waals surface area contributed by atoms with Crippen molar-refractivity contribution in [3.8, 4) is 0 Å². The topological polar surface area (TPSA) is 81.1 Å². The molecule has 2 atom stereocenters. The molecule has 0 spiro atoms. The molecule has 5 heteroatoms. The molecule has 0 saturated heterocycles. The van der Waals surface area contributed by atoms with Crippen molar-refractivity contribution in [2.24, 2.45) is 11.5 Å². The van der Waals surface area contributed by atoms with Crippen LogP contribution in [0.3, 0.4) is 0 Å². The summed E-state index contributed by atoms with van der Waals surface area (Å²) in [7, 11) is 0. The Labute approximate surface area is 100 Å². The molecule has 0 aliphatic rings. The molecule has 4 nitrogen and oxygen atoms in total. The second kappa shape index (κ2) is 5.98. The van der Waals surface area contributed by atoms with E-state index in [0.717, 1.165) is 6.42 Å². The van der Waals surface area contributed by atoms with E-state index in [1.807, 2.05) is 0 Å². The van der Waals surface area contributed by atoms with Gasteiger partial charge in [-0.15, -0.1) is 11.3 Å². The molecule has 1 amide bonds. The van der Waals surface area contributed by atoms with E-state index in [4.69, 9.17) is 11.5 Å². The van der Waals surface area contributed by atoms with E-state index < -0.39 is 11.9 Å². The van der Waals surface area contributed by atoms with Crippen molar-refractivity contribution < 1.29 is 4.79 Å². The van der Waals surface area contributed by atoms with Crippen molar-refractivity contribution in [3.05, 3.63) is 21.9 Å². The van der Waals surface area contributed by atoms with E-state index in [1.165, 1.54) is 9.75 Å². The lowest BCUT2D eigenvalue weighted by Crippen LogP contribution is -2.46. The average molecular weight is 241 g/mol. The molecule has 0 fully saturated rings. The number of nitrogens with two attached hydrogens (primary N) is 2. The highest BCUT2D eigenvalue weighted by molar-refractivity contribution is 7.11. The number of rotatable bonds is 6. The second-order valence-corrected chi connectivity index (χ2v) is 5.41. The smallest absolute Gasteiger partial charge is 0.235 e. The lowest BCUT2D eigenvalue weighted by Gasteiger charge is -2.15. The molecular weight excluding hydrogens is 222 g/mol. The van der Waals surface area contributed by atoms with Gasteiger partial charge >= 0.3 is 0 Å². The largest absolute Gasteiger partial charge is 0.368 e. The van der Waals surface area contributed by atoms with Crippen LogP contribution >= 0.6 is 11.3 Å². The first-order chi connectivity index (χ1) is 7.49. The van der Waals surface area contributed by atoms with Crippen molar-refractivity contribution in [3.63, 3.8) is 0 Å². The first-order valence-corrected chi connectivity index (χ1v) is 6.14. The number of aryl methyl sites for hydroxylation is 1. The van der Waals surface area contributed by atoms with Gasteiger partial charge in [-0.3, -0.25) is 4.79 Å². The van der Waals surface area contributed by atoms with Crippen LogP contribution in [0.4, 0.5) is 0 Å². The number of thiophene rings is 1. The zero-order chi connectivity index (χ0) is 12.1. The van der Waals surface area contributed by atoms with Crippen LogP contribution in [0.2, 0.25) is 0 Å². The van der Waals surface area contributed by atoms with Gasteiger partial charge in [-0.25, -0.2) is 0 Å². The summed E-state index contributed by atoms with van der Waals surface area (Å²) in [4.78, 5) is 13.4. The van der Waals surface area contributed by atoms with Crippen molar-refractivity contribution in [1.82, 2.24) is 5.32 Å². The Balaban J connectivity index is 2.31. The molecule has 1 heterocycles. The molecule has 0 radical (unpaired) electrons. The van der Waals surface area contributed by atoms with Crippen LogP contribution in [0.1, 0.15) is 16.7 Å². The van der Waals surface area contributed by atoms with Crippen molar-refractivity contribution in [1.29, 1.82) is 0 Å². The minimum atomic E-state index is -0.604. The van der Waals surface area contributed by atoms with Gasteiger partial charge in [0.25, 0.3) is 0 Å². The maximum atomic E-state index is 10.7. The first-order valence-electron chi connectivity index (χ1n) is 5.32. The monoisotopic (exact) mass is 241 g/mol. The lowest BCUT2D eigenvalue weighted by atomic mass is 10.2. The molecular formula is C11H19N3OS. The molecule has 0 aliphatic carbocycles. The molecule has 2 unspecified atom stereocenters. The molecule has 5 N–H and O–H groups in total. The second-order valence-electron chi connectivity index (χ2n) is 4.03. The summed E-state index contributed by atoms with van der Waals surface area (Å²) in [6, 6.07) is 3.93.